The number of amides is 1. The Hall–Kier alpha value is -2.73. The van der Waals surface area contributed by atoms with Gasteiger partial charge in [0.05, 0.1) is 14.2 Å². The fourth-order valence-corrected chi connectivity index (χ4v) is 2.72. The smallest absolute Gasteiger partial charge is 0.253 e. The molecule has 132 valence electrons. The Bertz CT molecular complexity index is 725. The highest BCUT2D eigenvalue weighted by atomic mass is 16.5. The van der Waals surface area contributed by atoms with Gasteiger partial charge in [0.2, 0.25) is 0 Å². The average Bonchev–Trinajstić information content (AvgIpc) is 3.18. The molecule has 0 saturated carbocycles. The van der Waals surface area contributed by atoms with E-state index in [-0.39, 0.29) is 12.0 Å². The molecule has 1 unspecified atom stereocenters. The van der Waals surface area contributed by atoms with Crippen LogP contribution in [0.4, 0.5) is 17.1 Å². The van der Waals surface area contributed by atoms with Crippen molar-refractivity contribution in [2.45, 2.75) is 18.9 Å². The minimum atomic E-state index is -0.329. The second-order valence-electron chi connectivity index (χ2n) is 5.76. The van der Waals surface area contributed by atoms with E-state index in [1.54, 1.807) is 14.2 Å². The summed E-state index contributed by atoms with van der Waals surface area (Å²) < 4.78 is 15.9. The number of ether oxygens (including phenoxy) is 3. The van der Waals surface area contributed by atoms with Gasteiger partial charge in [-0.15, -0.1) is 0 Å². The molecule has 1 saturated heterocycles. The molecule has 2 aromatic rings. The van der Waals surface area contributed by atoms with E-state index < -0.39 is 0 Å². The van der Waals surface area contributed by atoms with Crippen molar-refractivity contribution in [2.75, 3.05) is 31.5 Å². The van der Waals surface area contributed by atoms with Crippen molar-refractivity contribution in [3.63, 3.8) is 0 Å². The van der Waals surface area contributed by atoms with Crippen LogP contribution in [-0.2, 0) is 9.53 Å². The number of methoxy groups -OCH3 is 2. The molecule has 2 N–H and O–H groups in total. The summed E-state index contributed by atoms with van der Waals surface area (Å²) in [6, 6.07) is 13.1. The van der Waals surface area contributed by atoms with Crippen LogP contribution in [0.25, 0.3) is 0 Å². The lowest BCUT2D eigenvalue weighted by Crippen LogP contribution is -2.26. The summed E-state index contributed by atoms with van der Waals surface area (Å²) in [4.78, 5) is 12.0. The predicted molar refractivity (Wildman–Crippen MR) is 96.9 cm³/mol. The van der Waals surface area contributed by atoms with E-state index in [9.17, 15) is 4.79 Å². The quantitative estimate of drug-likeness (QED) is 0.840. The maximum absolute atomic E-state index is 12.0. The van der Waals surface area contributed by atoms with Gasteiger partial charge in [0.15, 0.2) is 11.5 Å². The van der Waals surface area contributed by atoms with Crippen molar-refractivity contribution < 1.29 is 19.0 Å². The first-order valence-electron chi connectivity index (χ1n) is 8.21. The maximum atomic E-state index is 12.0. The Morgan fingerprint density at radius 2 is 1.68 bits per heavy atom. The zero-order valence-corrected chi connectivity index (χ0v) is 14.4. The van der Waals surface area contributed by atoms with Crippen LogP contribution >= 0.6 is 0 Å². The van der Waals surface area contributed by atoms with Crippen molar-refractivity contribution in [3.05, 3.63) is 42.5 Å². The fourth-order valence-electron chi connectivity index (χ4n) is 2.72. The van der Waals surface area contributed by atoms with E-state index in [0.717, 1.165) is 29.9 Å². The summed E-state index contributed by atoms with van der Waals surface area (Å²) in [6.07, 6.45) is 1.39. The van der Waals surface area contributed by atoms with Gasteiger partial charge < -0.3 is 24.8 Å². The van der Waals surface area contributed by atoms with Gasteiger partial charge >= 0.3 is 0 Å². The van der Waals surface area contributed by atoms with Crippen LogP contribution in [-0.4, -0.2) is 32.8 Å². The number of carbonyl (C=O) groups excluding carboxylic acids is 1. The Morgan fingerprint density at radius 1 is 1.00 bits per heavy atom. The van der Waals surface area contributed by atoms with Crippen molar-refractivity contribution in [3.8, 4) is 11.5 Å². The molecular weight excluding hydrogens is 320 g/mol. The highest BCUT2D eigenvalue weighted by molar-refractivity contribution is 5.94. The van der Waals surface area contributed by atoms with Crippen LogP contribution in [0.15, 0.2) is 42.5 Å². The van der Waals surface area contributed by atoms with Gasteiger partial charge in [0.25, 0.3) is 5.91 Å². The second-order valence-corrected chi connectivity index (χ2v) is 5.76. The number of nitrogens with one attached hydrogen (secondary N) is 2. The minimum Gasteiger partial charge on any atom is -0.493 e. The van der Waals surface area contributed by atoms with Gasteiger partial charge in [-0.25, -0.2) is 0 Å². The molecule has 3 rings (SSSR count). The topological polar surface area (TPSA) is 68.8 Å². The van der Waals surface area contributed by atoms with Gasteiger partial charge in [-0.05, 0) is 49.2 Å². The standard InChI is InChI=1S/C19H22N2O4/c1-23-16-10-9-15(12-18(16)24-2)20-13-5-7-14(8-6-13)21-19(22)17-4-3-11-25-17/h5-10,12,17,20H,3-4,11H2,1-2H3,(H,21,22). The number of anilines is 3. The Balaban J connectivity index is 1.63. The summed E-state index contributed by atoms with van der Waals surface area (Å²) in [5.41, 5.74) is 2.54. The summed E-state index contributed by atoms with van der Waals surface area (Å²) in [5.74, 6) is 1.26. The van der Waals surface area contributed by atoms with Gasteiger partial charge in [0, 0.05) is 29.7 Å². The van der Waals surface area contributed by atoms with Gasteiger partial charge in [-0.1, -0.05) is 0 Å². The fraction of sp³-hybridized carbons (Fsp3) is 0.316. The monoisotopic (exact) mass is 342 g/mol. The lowest BCUT2D eigenvalue weighted by molar-refractivity contribution is -0.124. The number of hydrogen-bond donors (Lipinski definition) is 2. The van der Waals surface area contributed by atoms with E-state index in [1.165, 1.54) is 0 Å². The largest absolute Gasteiger partial charge is 0.493 e. The van der Waals surface area contributed by atoms with Crippen LogP contribution in [0.2, 0.25) is 0 Å². The number of carbonyl (C=O) groups is 1. The molecule has 1 aliphatic rings. The molecule has 0 radical (unpaired) electrons. The second kappa shape index (κ2) is 7.90. The van der Waals surface area contributed by atoms with E-state index >= 15 is 0 Å². The summed E-state index contributed by atoms with van der Waals surface area (Å²) in [5, 5.41) is 6.17. The number of rotatable bonds is 6. The maximum Gasteiger partial charge on any atom is 0.253 e. The first-order chi connectivity index (χ1) is 12.2. The van der Waals surface area contributed by atoms with Crippen LogP contribution < -0.4 is 20.1 Å². The summed E-state index contributed by atoms with van der Waals surface area (Å²) in [7, 11) is 3.21. The highest BCUT2D eigenvalue weighted by Crippen LogP contribution is 2.31. The van der Waals surface area contributed by atoms with E-state index in [4.69, 9.17) is 14.2 Å². The molecule has 6 heteroatoms. The van der Waals surface area contributed by atoms with Crippen molar-refractivity contribution in [1.82, 2.24) is 0 Å². The van der Waals surface area contributed by atoms with E-state index in [0.29, 0.717) is 18.1 Å². The summed E-state index contributed by atoms with van der Waals surface area (Å²) in [6.45, 7) is 0.659. The molecule has 6 nitrogen and oxygen atoms in total. The SMILES string of the molecule is COc1ccc(Nc2ccc(NC(=O)C3CCCO3)cc2)cc1OC. The van der Waals surface area contributed by atoms with Crippen molar-refractivity contribution >= 4 is 23.0 Å². The Kier molecular flexibility index (Phi) is 5.40. The molecule has 0 spiro atoms. The lowest BCUT2D eigenvalue weighted by atomic mass is 10.2. The number of benzene rings is 2. The lowest BCUT2D eigenvalue weighted by Gasteiger charge is -2.13. The third-order valence-corrected chi connectivity index (χ3v) is 4.05. The molecule has 25 heavy (non-hydrogen) atoms. The average molecular weight is 342 g/mol. The van der Waals surface area contributed by atoms with Crippen LogP contribution in [0, 0.1) is 0 Å². The van der Waals surface area contributed by atoms with E-state index in [1.807, 2.05) is 42.5 Å². The molecule has 1 fully saturated rings. The molecule has 0 aromatic heterocycles. The first-order valence-corrected chi connectivity index (χ1v) is 8.21. The van der Waals surface area contributed by atoms with Gasteiger partial charge in [-0.3, -0.25) is 4.79 Å². The normalized spacial score (nSPS) is 16.3. The van der Waals surface area contributed by atoms with Gasteiger partial charge in [-0.2, -0.15) is 0 Å². The van der Waals surface area contributed by atoms with Crippen LogP contribution in [0.1, 0.15) is 12.8 Å². The summed E-state index contributed by atoms with van der Waals surface area (Å²) >= 11 is 0. The highest BCUT2D eigenvalue weighted by Gasteiger charge is 2.23. The third kappa shape index (κ3) is 4.22. The van der Waals surface area contributed by atoms with Crippen molar-refractivity contribution in [2.24, 2.45) is 0 Å². The number of hydrogen-bond acceptors (Lipinski definition) is 5. The minimum absolute atomic E-state index is 0.0851. The molecular formula is C19H22N2O4. The van der Waals surface area contributed by atoms with Gasteiger partial charge in [0.1, 0.15) is 6.10 Å². The van der Waals surface area contributed by atoms with Crippen LogP contribution in [0.3, 0.4) is 0 Å². The Labute approximate surface area is 147 Å². The molecule has 1 heterocycles. The molecule has 1 aliphatic heterocycles. The third-order valence-electron chi connectivity index (χ3n) is 4.05. The van der Waals surface area contributed by atoms with Crippen molar-refractivity contribution in [1.29, 1.82) is 0 Å². The Morgan fingerprint density at radius 3 is 2.32 bits per heavy atom. The molecule has 2 aromatic carbocycles. The predicted octanol–water partition coefficient (Wildman–Crippen LogP) is 3.56. The zero-order valence-electron chi connectivity index (χ0n) is 14.4. The first kappa shape index (κ1) is 17.1. The zero-order chi connectivity index (χ0) is 17.6. The van der Waals surface area contributed by atoms with E-state index in [2.05, 4.69) is 10.6 Å². The molecule has 1 atom stereocenters. The molecule has 1 amide bonds. The molecule has 0 aliphatic carbocycles. The van der Waals surface area contributed by atoms with Crippen LogP contribution in [0.5, 0.6) is 11.5 Å². The molecule has 0 bridgehead atoms.